The fraction of sp³-hybridized carbons (Fsp3) is 0.267. The molecule has 5 aromatic rings. The molecule has 2 aromatic carbocycles. The number of anilines is 1. The normalized spacial score (nSPS) is 13.5. The number of hydrogen-bond acceptors (Lipinski definition) is 8. The number of benzene rings is 2. The van der Waals surface area contributed by atoms with Crippen LogP contribution in [0.3, 0.4) is 0 Å². The van der Waals surface area contributed by atoms with E-state index in [9.17, 15) is 10.0 Å². The van der Waals surface area contributed by atoms with Crippen molar-refractivity contribution in [1.29, 1.82) is 0 Å². The van der Waals surface area contributed by atoms with Crippen LogP contribution in [0.25, 0.3) is 27.9 Å². The minimum absolute atomic E-state index is 0.0835. The van der Waals surface area contributed by atoms with Crippen LogP contribution in [0.1, 0.15) is 31.0 Å². The Hall–Kier alpha value is -4.88. The number of carbonyl (C=O) groups is 1. The van der Waals surface area contributed by atoms with Crippen molar-refractivity contribution < 1.29 is 23.4 Å². The van der Waals surface area contributed by atoms with E-state index in [0.717, 1.165) is 35.1 Å². The van der Waals surface area contributed by atoms with Crippen molar-refractivity contribution in [3.8, 4) is 27.9 Å². The summed E-state index contributed by atoms with van der Waals surface area (Å²) in [5.41, 5.74) is 3.59. The van der Waals surface area contributed by atoms with E-state index in [1.807, 2.05) is 18.3 Å². The van der Waals surface area contributed by atoms with Gasteiger partial charge in [-0.05, 0) is 58.7 Å². The lowest BCUT2D eigenvalue weighted by Gasteiger charge is -2.18. The maximum Gasteiger partial charge on any atom is 0.411 e. The van der Waals surface area contributed by atoms with Crippen LogP contribution in [-0.2, 0) is 9.47 Å². The van der Waals surface area contributed by atoms with E-state index in [4.69, 9.17) is 21.1 Å². The van der Waals surface area contributed by atoms with Crippen LogP contribution in [-0.4, -0.2) is 56.4 Å². The molecule has 1 atom stereocenters. The number of nitrogens with one attached hydrogen (secondary N) is 1. The number of nitrogens with zero attached hydrogens (tertiary/aromatic N) is 7. The third-order valence-electron chi connectivity index (χ3n) is 7.40. The Bertz CT molecular complexity index is 1760. The Morgan fingerprint density at radius 2 is 1.93 bits per heavy atom. The predicted molar refractivity (Wildman–Crippen MR) is 159 cm³/mol. The van der Waals surface area contributed by atoms with Crippen molar-refractivity contribution in [2.75, 3.05) is 25.6 Å². The number of aromatic nitrogens is 7. The molecule has 3 heterocycles. The molecule has 1 N–H and O–H groups in total. The number of rotatable bonds is 11. The van der Waals surface area contributed by atoms with Crippen molar-refractivity contribution in [1.82, 2.24) is 30.0 Å². The Morgan fingerprint density at radius 3 is 2.64 bits per heavy atom. The molecular weight excluding hydrogens is 591 g/mol. The van der Waals surface area contributed by atoms with Gasteiger partial charge in [-0.15, -0.1) is 5.10 Å². The zero-order valence-corrected chi connectivity index (χ0v) is 24.4. The van der Waals surface area contributed by atoms with Gasteiger partial charge in [-0.2, -0.15) is 14.5 Å². The molecule has 14 heteroatoms. The highest BCUT2D eigenvalue weighted by molar-refractivity contribution is 6.31. The maximum atomic E-state index is 15.3. The first kappa shape index (κ1) is 29.2. The Labute approximate surface area is 256 Å². The van der Waals surface area contributed by atoms with E-state index in [2.05, 4.69) is 25.9 Å². The fourth-order valence-electron chi connectivity index (χ4n) is 4.98. The second-order valence-electron chi connectivity index (χ2n) is 10.4. The first-order chi connectivity index (χ1) is 21.4. The van der Waals surface area contributed by atoms with Gasteiger partial charge < -0.3 is 14.7 Å². The number of amides is 1. The molecule has 226 valence electrons. The second kappa shape index (κ2) is 12.8. The van der Waals surface area contributed by atoms with Gasteiger partial charge in [0.05, 0.1) is 34.6 Å². The van der Waals surface area contributed by atoms with Crippen LogP contribution in [0.15, 0.2) is 73.4 Å². The first-order valence-corrected chi connectivity index (χ1v) is 14.3. The van der Waals surface area contributed by atoms with Gasteiger partial charge in [-0.25, -0.2) is 9.18 Å². The molecular formula is C30H28ClFN8O4. The number of tetrazole rings is 1. The van der Waals surface area contributed by atoms with Crippen molar-refractivity contribution in [2.45, 2.75) is 25.3 Å². The van der Waals surface area contributed by atoms with Crippen LogP contribution in [0, 0.1) is 16.9 Å². The molecule has 0 radical (unpaired) electrons. The van der Waals surface area contributed by atoms with Gasteiger partial charge in [0.1, 0.15) is 19.0 Å². The zero-order valence-electron chi connectivity index (χ0n) is 23.6. The summed E-state index contributed by atoms with van der Waals surface area (Å²) in [6.45, 7) is 0.477. The summed E-state index contributed by atoms with van der Waals surface area (Å²) in [5, 5.41) is 31.9. The van der Waals surface area contributed by atoms with E-state index in [0.29, 0.717) is 35.2 Å². The highest BCUT2D eigenvalue weighted by Gasteiger charge is 2.32. The topological polar surface area (TPSA) is 136 Å². The predicted octanol–water partition coefficient (Wildman–Crippen LogP) is 5.20. The molecule has 0 spiro atoms. The standard InChI is InChI=1S/C30H28ClFN8O4/c1-43-12-13-44-30(41)35-23-7-4-20(5-8-23)22-15-34-38(16-22)27(14-19-2-3-19)25-10-6-21(17-40(25)42)28-26(39-18-33-36-37-39)11-9-24(31)29(28)32/h4-11,15-19,27H,2-3,12-14H2,1H3,(H,35,41). The molecule has 1 aliphatic carbocycles. The highest BCUT2D eigenvalue weighted by Crippen LogP contribution is 2.39. The molecule has 0 saturated heterocycles. The third-order valence-corrected chi connectivity index (χ3v) is 7.69. The van der Waals surface area contributed by atoms with Crippen molar-refractivity contribution in [3.63, 3.8) is 0 Å². The molecule has 6 rings (SSSR count). The smallest absolute Gasteiger partial charge is 0.411 e. The Kier molecular flexibility index (Phi) is 8.48. The average Bonchev–Trinajstić information content (AvgIpc) is 3.45. The summed E-state index contributed by atoms with van der Waals surface area (Å²) in [7, 11) is 1.53. The Balaban J connectivity index is 1.26. The minimum Gasteiger partial charge on any atom is -0.618 e. The molecule has 1 saturated carbocycles. The average molecular weight is 619 g/mol. The molecule has 0 bridgehead atoms. The van der Waals surface area contributed by atoms with Crippen molar-refractivity contribution >= 4 is 23.4 Å². The van der Waals surface area contributed by atoms with Crippen LogP contribution in [0.4, 0.5) is 14.9 Å². The summed E-state index contributed by atoms with van der Waals surface area (Å²) >= 11 is 6.11. The van der Waals surface area contributed by atoms with E-state index in [-0.39, 0.29) is 23.2 Å². The lowest BCUT2D eigenvalue weighted by molar-refractivity contribution is -0.615. The number of hydrogen-bond donors (Lipinski definition) is 1. The largest absolute Gasteiger partial charge is 0.618 e. The maximum absolute atomic E-state index is 15.3. The number of ether oxygens (including phenoxy) is 2. The lowest BCUT2D eigenvalue weighted by atomic mass is 10.0. The molecule has 3 aromatic heterocycles. The summed E-state index contributed by atoms with van der Waals surface area (Å²) < 4.78 is 29.1. The number of methoxy groups -OCH3 is 1. The van der Waals surface area contributed by atoms with E-state index < -0.39 is 11.9 Å². The summed E-state index contributed by atoms with van der Waals surface area (Å²) in [6.07, 6.45) is 8.67. The first-order valence-electron chi connectivity index (χ1n) is 13.9. The second-order valence-corrected chi connectivity index (χ2v) is 10.8. The molecule has 1 aliphatic rings. The molecule has 1 fully saturated rings. The van der Waals surface area contributed by atoms with Gasteiger partial charge in [-0.3, -0.25) is 10.00 Å². The van der Waals surface area contributed by atoms with Gasteiger partial charge in [0, 0.05) is 30.6 Å². The van der Waals surface area contributed by atoms with Gasteiger partial charge >= 0.3 is 6.09 Å². The van der Waals surface area contributed by atoms with Gasteiger partial charge in [0.2, 0.25) is 5.69 Å². The third kappa shape index (κ3) is 6.38. The monoisotopic (exact) mass is 618 g/mol. The quantitative estimate of drug-likeness (QED) is 0.121. The number of pyridine rings is 1. The highest BCUT2D eigenvalue weighted by atomic mass is 35.5. The van der Waals surface area contributed by atoms with Gasteiger partial charge in [0.15, 0.2) is 12.0 Å². The summed E-state index contributed by atoms with van der Waals surface area (Å²) in [5.74, 6) is -0.194. The molecule has 44 heavy (non-hydrogen) atoms. The van der Waals surface area contributed by atoms with E-state index in [1.165, 1.54) is 30.4 Å². The van der Waals surface area contributed by atoms with Gasteiger partial charge in [0.25, 0.3) is 0 Å². The fourth-order valence-corrected chi connectivity index (χ4v) is 5.14. The zero-order chi connectivity index (χ0) is 30.6. The van der Waals surface area contributed by atoms with Crippen molar-refractivity contribution in [2.24, 2.45) is 5.92 Å². The lowest BCUT2D eigenvalue weighted by Crippen LogP contribution is -2.35. The summed E-state index contributed by atoms with van der Waals surface area (Å²) in [6, 6.07) is 13.4. The van der Waals surface area contributed by atoms with Crippen molar-refractivity contribution in [3.05, 3.63) is 95.2 Å². The molecule has 12 nitrogen and oxygen atoms in total. The Morgan fingerprint density at radius 1 is 1.14 bits per heavy atom. The molecule has 1 amide bonds. The molecule has 1 unspecified atom stereocenters. The summed E-state index contributed by atoms with van der Waals surface area (Å²) in [4.78, 5) is 11.9. The number of halogens is 2. The SMILES string of the molecule is COCCOC(=O)Nc1ccc(-c2cnn(C(CC3CC3)c3ccc(-c4c(-n5cnnn5)ccc(Cl)c4F)c[n+]3[O-])c2)cc1. The van der Waals surface area contributed by atoms with Crippen LogP contribution < -0.4 is 10.0 Å². The van der Waals surface area contributed by atoms with E-state index in [1.54, 1.807) is 41.2 Å². The number of carbonyl (C=O) groups excluding carboxylic acids is 1. The van der Waals surface area contributed by atoms with Crippen LogP contribution in [0.5, 0.6) is 0 Å². The minimum atomic E-state index is -0.678. The van der Waals surface area contributed by atoms with Crippen LogP contribution >= 0.6 is 11.6 Å². The van der Waals surface area contributed by atoms with E-state index >= 15 is 4.39 Å². The van der Waals surface area contributed by atoms with Gasteiger partial charge in [-0.1, -0.05) is 36.6 Å². The van der Waals surface area contributed by atoms with Crippen LogP contribution in [0.2, 0.25) is 5.02 Å². The molecule has 0 aliphatic heterocycles.